The number of hydrogen-bond donors (Lipinski definition) is 1. The summed E-state index contributed by atoms with van der Waals surface area (Å²) in [6.07, 6.45) is 8.82. The molecule has 0 saturated carbocycles. The molecule has 1 nitrogen and oxygen atoms in total. The van der Waals surface area contributed by atoms with Crippen LogP contribution in [0.5, 0.6) is 0 Å². The quantitative estimate of drug-likeness (QED) is 0.591. The van der Waals surface area contributed by atoms with Gasteiger partial charge in [-0.3, -0.25) is 0 Å². The molecule has 0 unspecified atom stereocenters. The van der Waals surface area contributed by atoms with E-state index in [1.165, 1.54) is 44.4 Å². The fourth-order valence-corrected chi connectivity index (χ4v) is 1.98. The Morgan fingerprint density at radius 2 is 1.86 bits per heavy atom. The highest BCUT2D eigenvalue weighted by Crippen LogP contribution is 2.13. The van der Waals surface area contributed by atoms with Gasteiger partial charge in [0.15, 0.2) is 0 Å². The maximum atomic E-state index is 3.64. The molecule has 0 aromatic rings. The van der Waals surface area contributed by atoms with Crippen LogP contribution in [0.2, 0.25) is 0 Å². The summed E-state index contributed by atoms with van der Waals surface area (Å²) < 4.78 is 0. The van der Waals surface area contributed by atoms with Gasteiger partial charge in [0.1, 0.15) is 0 Å². The molecule has 14 heavy (non-hydrogen) atoms. The molecule has 0 aliphatic carbocycles. The molecule has 0 aliphatic heterocycles. The molecule has 0 spiro atoms. The van der Waals surface area contributed by atoms with Crippen molar-refractivity contribution in [2.75, 3.05) is 18.6 Å². The lowest BCUT2D eigenvalue weighted by Crippen LogP contribution is -2.39. The van der Waals surface area contributed by atoms with E-state index in [4.69, 9.17) is 0 Å². The van der Waals surface area contributed by atoms with Gasteiger partial charge in [0.2, 0.25) is 0 Å². The summed E-state index contributed by atoms with van der Waals surface area (Å²) in [4.78, 5) is 0. The van der Waals surface area contributed by atoms with Gasteiger partial charge in [-0.25, -0.2) is 0 Å². The summed E-state index contributed by atoms with van der Waals surface area (Å²) in [7, 11) is 0. The molecule has 2 heteroatoms. The van der Waals surface area contributed by atoms with E-state index in [0.717, 1.165) is 0 Å². The summed E-state index contributed by atoms with van der Waals surface area (Å²) in [5, 5.41) is 3.64. The standard InChI is InChI=1S/C12H27NS/c1-5-6-7-9-12(2,3)13-10-8-11-14-4/h13H,5-11H2,1-4H3. The number of hydrogen-bond acceptors (Lipinski definition) is 2. The lowest BCUT2D eigenvalue weighted by molar-refractivity contribution is 0.350. The Bertz CT molecular complexity index is 123. The van der Waals surface area contributed by atoms with Gasteiger partial charge < -0.3 is 5.32 Å². The highest BCUT2D eigenvalue weighted by molar-refractivity contribution is 7.98. The van der Waals surface area contributed by atoms with E-state index >= 15 is 0 Å². The van der Waals surface area contributed by atoms with Gasteiger partial charge >= 0.3 is 0 Å². The summed E-state index contributed by atoms with van der Waals surface area (Å²) in [6, 6.07) is 0. The highest BCUT2D eigenvalue weighted by Gasteiger charge is 2.14. The molecule has 0 radical (unpaired) electrons. The maximum absolute atomic E-state index is 3.64. The van der Waals surface area contributed by atoms with Crippen molar-refractivity contribution < 1.29 is 0 Å². The van der Waals surface area contributed by atoms with Gasteiger partial charge in [0.25, 0.3) is 0 Å². The normalized spacial score (nSPS) is 12.0. The van der Waals surface area contributed by atoms with E-state index in [9.17, 15) is 0 Å². The average Bonchev–Trinajstić information content (AvgIpc) is 2.13. The van der Waals surface area contributed by atoms with E-state index in [1.807, 2.05) is 11.8 Å². The van der Waals surface area contributed by atoms with Crippen molar-refractivity contribution in [1.29, 1.82) is 0 Å². The summed E-state index contributed by atoms with van der Waals surface area (Å²) in [5.41, 5.74) is 0.341. The third-order valence-electron chi connectivity index (χ3n) is 2.53. The van der Waals surface area contributed by atoms with E-state index in [-0.39, 0.29) is 0 Å². The first-order valence-electron chi connectivity index (χ1n) is 5.86. The Kier molecular flexibility index (Phi) is 8.80. The minimum absolute atomic E-state index is 0.341. The molecule has 0 heterocycles. The molecule has 0 saturated heterocycles. The van der Waals surface area contributed by atoms with Gasteiger partial charge in [-0.1, -0.05) is 26.2 Å². The van der Waals surface area contributed by atoms with Crippen molar-refractivity contribution in [2.24, 2.45) is 0 Å². The lowest BCUT2D eigenvalue weighted by atomic mass is 9.96. The summed E-state index contributed by atoms with van der Waals surface area (Å²) >= 11 is 1.93. The fourth-order valence-electron chi connectivity index (χ4n) is 1.55. The van der Waals surface area contributed by atoms with E-state index in [1.54, 1.807) is 0 Å². The Hall–Kier alpha value is 0.310. The van der Waals surface area contributed by atoms with Crippen LogP contribution < -0.4 is 5.32 Å². The van der Waals surface area contributed by atoms with Crippen LogP contribution in [-0.4, -0.2) is 24.1 Å². The fraction of sp³-hybridized carbons (Fsp3) is 1.00. The first kappa shape index (κ1) is 14.3. The van der Waals surface area contributed by atoms with Crippen molar-refractivity contribution in [3.05, 3.63) is 0 Å². The van der Waals surface area contributed by atoms with Crippen molar-refractivity contribution in [3.8, 4) is 0 Å². The van der Waals surface area contributed by atoms with Crippen LogP contribution >= 0.6 is 11.8 Å². The molecule has 0 bridgehead atoms. The molecule has 0 aromatic heterocycles. The monoisotopic (exact) mass is 217 g/mol. The second-order valence-corrected chi connectivity index (χ2v) is 5.60. The Balaban J connectivity index is 3.40. The Morgan fingerprint density at radius 3 is 2.43 bits per heavy atom. The molecule has 0 aromatic carbocycles. The predicted molar refractivity (Wildman–Crippen MR) is 69.2 cm³/mol. The van der Waals surface area contributed by atoms with Crippen molar-refractivity contribution in [2.45, 2.75) is 58.4 Å². The molecule has 0 fully saturated rings. The Morgan fingerprint density at radius 1 is 1.14 bits per heavy atom. The maximum Gasteiger partial charge on any atom is 0.0125 e. The molecule has 0 amide bonds. The summed E-state index contributed by atoms with van der Waals surface area (Å²) in [6.45, 7) is 8.07. The Labute approximate surface area is 94.4 Å². The van der Waals surface area contributed by atoms with Crippen LogP contribution in [-0.2, 0) is 0 Å². The number of nitrogens with one attached hydrogen (secondary N) is 1. The van der Waals surface area contributed by atoms with Crippen LogP contribution in [0.1, 0.15) is 52.9 Å². The molecule has 86 valence electrons. The zero-order valence-corrected chi connectivity index (χ0v) is 11.2. The first-order chi connectivity index (χ1) is 6.62. The average molecular weight is 217 g/mol. The highest BCUT2D eigenvalue weighted by atomic mass is 32.2. The van der Waals surface area contributed by atoms with Crippen LogP contribution in [0.3, 0.4) is 0 Å². The van der Waals surface area contributed by atoms with E-state index in [0.29, 0.717) is 5.54 Å². The minimum atomic E-state index is 0.341. The first-order valence-corrected chi connectivity index (χ1v) is 7.25. The van der Waals surface area contributed by atoms with Gasteiger partial charge in [-0.2, -0.15) is 11.8 Å². The third kappa shape index (κ3) is 8.89. The number of rotatable bonds is 9. The molecular weight excluding hydrogens is 190 g/mol. The smallest absolute Gasteiger partial charge is 0.0125 e. The van der Waals surface area contributed by atoms with Gasteiger partial charge in [0.05, 0.1) is 0 Å². The lowest BCUT2D eigenvalue weighted by Gasteiger charge is -2.26. The van der Waals surface area contributed by atoms with Crippen LogP contribution in [0.15, 0.2) is 0 Å². The second-order valence-electron chi connectivity index (χ2n) is 4.61. The van der Waals surface area contributed by atoms with Crippen LogP contribution in [0.4, 0.5) is 0 Å². The van der Waals surface area contributed by atoms with Crippen LogP contribution in [0.25, 0.3) is 0 Å². The molecular formula is C12H27NS. The molecule has 1 N–H and O–H groups in total. The van der Waals surface area contributed by atoms with Crippen molar-refractivity contribution in [3.63, 3.8) is 0 Å². The van der Waals surface area contributed by atoms with E-state index in [2.05, 4.69) is 32.3 Å². The minimum Gasteiger partial charge on any atom is -0.312 e. The topological polar surface area (TPSA) is 12.0 Å². The van der Waals surface area contributed by atoms with Crippen LogP contribution in [0, 0.1) is 0 Å². The second kappa shape index (κ2) is 8.60. The molecule has 0 rings (SSSR count). The molecule has 0 aliphatic rings. The van der Waals surface area contributed by atoms with Crippen molar-refractivity contribution >= 4 is 11.8 Å². The predicted octanol–water partition coefficient (Wildman–Crippen LogP) is 3.69. The van der Waals surface area contributed by atoms with Gasteiger partial charge in [-0.05, 0) is 45.2 Å². The van der Waals surface area contributed by atoms with Gasteiger partial charge in [-0.15, -0.1) is 0 Å². The SMILES string of the molecule is CCCCCC(C)(C)NCCCSC. The number of thioether (sulfide) groups is 1. The van der Waals surface area contributed by atoms with Gasteiger partial charge in [0, 0.05) is 5.54 Å². The summed E-state index contributed by atoms with van der Waals surface area (Å²) in [5.74, 6) is 1.28. The largest absolute Gasteiger partial charge is 0.312 e. The zero-order chi connectivity index (χ0) is 10.9. The zero-order valence-electron chi connectivity index (χ0n) is 10.4. The third-order valence-corrected chi connectivity index (χ3v) is 3.23. The number of unbranched alkanes of at least 4 members (excludes halogenated alkanes) is 2. The molecule has 0 atom stereocenters. The van der Waals surface area contributed by atoms with Crippen molar-refractivity contribution in [1.82, 2.24) is 5.32 Å². The van der Waals surface area contributed by atoms with E-state index < -0.39 is 0 Å².